The van der Waals surface area contributed by atoms with Crippen molar-refractivity contribution in [2.75, 3.05) is 6.54 Å². The fraction of sp³-hybridized carbons (Fsp3) is 0.167. The van der Waals surface area contributed by atoms with E-state index in [4.69, 9.17) is 16.6 Å². The van der Waals surface area contributed by atoms with E-state index >= 15 is 0 Å². The monoisotopic (exact) mass is 357 g/mol. The van der Waals surface area contributed by atoms with Crippen LogP contribution in [0.3, 0.4) is 0 Å². The molecule has 0 radical (unpaired) electrons. The Hall–Kier alpha value is -2.18. The van der Waals surface area contributed by atoms with Gasteiger partial charge < -0.3 is 4.42 Å². The number of hydrogen-bond acceptors (Lipinski definition) is 5. The summed E-state index contributed by atoms with van der Waals surface area (Å²) in [7, 11) is 0. The first-order valence-corrected chi connectivity index (χ1v) is 8.58. The number of nitrogens with zero attached hydrogens (tertiary/aromatic N) is 1. The van der Waals surface area contributed by atoms with Gasteiger partial charge in [0.1, 0.15) is 21.6 Å². The highest BCUT2D eigenvalue weighted by molar-refractivity contribution is 8.26. The maximum Gasteiger partial charge on any atom is 0.266 e. The second-order valence-corrected chi connectivity index (χ2v) is 7.22. The average Bonchev–Trinajstić information content (AvgIpc) is 3.08. The average molecular weight is 357 g/mol. The molecule has 1 fully saturated rings. The van der Waals surface area contributed by atoms with E-state index in [-0.39, 0.29) is 18.2 Å². The largest absolute Gasteiger partial charge is 0.457 e. The fourth-order valence-electron chi connectivity index (χ4n) is 2.37. The van der Waals surface area contributed by atoms with E-state index in [1.165, 1.54) is 23.6 Å². The summed E-state index contributed by atoms with van der Waals surface area (Å²) in [6, 6.07) is 11.7. The number of ketones is 1. The van der Waals surface area contributed by atoms with E-state index in [0.717, 1.165) is 16.9 Å². The first-order valence-electron chi connectivity index (χ1n) is 7.36. The van der Waals surface area contributed by atoms with Crippen molar-refractivity contribution < 1.29 is 14.0 Å². The van der Waals surface area contributed by atoms with Crippen LogP contribution in [0.5, 0.6) is 0 Å². The number of carbonyl (C=O) groups is 2. The highest BCUT2D eigenvalue weighted by Crippen LogP contribution is 2.33. The normalized spacial score (nSPS) is 16.2. The molecule has 2 heterocycles. The van der Waals surface area contributed by atoms with Crippen LogP contribution in [-0.2, 0) is 9.59 Å². The molecule has 1 amide bonds. The van der Waals surface area contributed by atoms with Crippen LogP contribution >= 0.6 is 24.0 Å². The SMILES string of the molecule is CC(=O)CN1C(=O)/C(=C/c2ccc(-c3cccc(C)c3)o2)SC1=S. The Morgan fingerprint density at radius 2 is 2.12 bits per heavy atom. The van der Waals surface area contributed by atoms with Crippen LogP contribution in [0.25, 0.3) is 17.4 Å². The maximum atomic E-state index is 12.3. The lowest BCUT2D eigenvalue weighted by Gasteiger charge is -2.11. The van der Waals surface area contributed by atoms with E-state index in [0.29, 0.717) is 15.0 Å². The van der Waals surface area contributed by atoms with Crippen molar-refractivity contribution in [3.8, 4) is 11.3 Å². The number of aryl methyl sites for hydroxylation is 1. The molecule has 2 aromatic rings. The first-order chi connectivity index (χ1) is 11.4. The van der Waals surface area contributed by atoms with Crippen LogP contribution in [0.1, 0.15) is 18.2 Å². The van der Waals surface area contributed by atoms with Crippen LogP contribution < -0.4 is 0 Å². The molecule has 0 saturated carbocycles. The lowest BCUT2D eigenvalue weighted by atomic mass is 10.1. The van der Waals surface area contributed by atoms with E-state index < -0.39 is 0 Å². The molecular weight excluding hydrogens is 342 g/mol. The molecule has 0 spiro atoms. The molecule has 6 heteroatoms. The van der Waals surface area contributed by atoms with E-state index in [1.807, 2.05) is 43.3 Å². The zero-order valence-electron chi connectivity index (χ0n) is 13.2. The summed E-state index contributed by atoms with van der Waals surface area (Å²) in [5.74, 6) is 0.958. The van der Waals surface area contributed by atoms with Crippen molar-refractivity contribution in [3.05, 3.63) is 52.6 Å². The summed E-state index contributed by atoms with van der Waals surface area (Å²) in [6.45, 7) is 3.46. The minimum Gasteiger partial charge on any atom is -0.457 e. The highest BCUT2D eigenvalue weighted by atomic mass is 32.2. The summed E-state index contributed by atoms with van der Waals surface area (Å²) in [5, 5.41) is 0. The van der Waals surface area contributed by atoms with Crippen molar-refractivity contribution >= 4 is 46.1 Å². The highest BCUT2D eigenvalue weighted by Gasteiger charge is 2.32. The Kier molecular flexibility index (Phi) is 4.69. The Morgan fingerprint density at radius 3 is 2.83 bits per heavy atom. The van der Waals surface area contributed by atoms with Crippen LogP contribution in [0.4, 0.5) is 0 Å². The molecule has 122 valence electrons. The summed E-state index contributed by atoms with van der Waals surface area (Å²) < 4.78 is 6.21. The Bertz CT molecular complexity index is 867. The summed E-state index contributed by atoms with van der Waals surface area (Å²) in [5.41, 5.74) is 2.13. The summed E-state index contributed by atoms with van der Waals surface area (Å²) in [6.07, 6.45) is 1.67. The predicted octanol–water partition coefficient (Wildman–Crippen LogP) is 4.05. The molecule has 0 unspecified atom stereocenters. The quantitative estimate of drug-likeness (QED) is 0.610. The minimum absolute atomic E-state index is 0.00863. The zero-order valence-corrected chi connectivity index (χ0v) is 14.9. The second kappa shape index (κ2) is 6.75. The van der Waals surface area contributed by atoms with E-state index in [9.17, 15) is 9.59 Å². The Labute approximate surface area is 149 Å². The topological polar surface area (TPSA) is 50.5 Å². The number of rotatable bonds is 4. The maximum absolute atomic E-state index is 12.3. The standard InChI is InChI=1S/C18H15NO3S2/c1-11-4-3-5-13(8-11)15-7-6-14(22-15)9-16-17(21)19(10-12(2)20)18(23)24-16/h3-9H,10H2,1-2H3/b16-9-. The van der Waals surface area contributed by atoms with Crippen molar-refractivity contribution in [1.82, 2.24) is 4.90 Å². The van der Waals surface area contributed by atoms with Gasteiger partial charge in [0.05, 0.1) is 11.4 Å². The number of thioether (sulfide) groups is 1. The van der Waals surface area contributed by atoms with Crippen LogP contribution in [-0.4, -0.2) is 27.5 Å². The number of Topliss-reactive ketones (excluding diaryl/α,β-unsaturated/α-hetero) is 1. The van der Waals surface area contributed by atoms with Gasteiger partial charge >= 0.3 is 0 Å². The first kappa shape index (κ1) is 16.7. The number of hydrogen-bond donors (Lipinski definition) is 0. The predicted molar refractivity (Wildman–Crippen MR) is 99.4 cm³/mol. The third-order valence-corrected chi connectivity index (χ3v) is 4.83. The molecule has 24 heavy (non-hydrogen) atoms. The van der Waals surface area contributed by atoms with E-state index in [2.05, 4.69) is 0 Å². The third kappa shape index (κ3) is 3.49. The van der Waals surface area contributed by atoms with Gasteiger partial charge in [-0.1, -0.05) is 47.7 Å². The van der Waals surface area contributed by atoms with Gasteiger partial charge in [-0.05, 0) is 32.0 Å². The van der Waals surface area contributed by atoms with Crippen LogP contribution in [0.15, 0.2) is 45.7 Å². The molecule has 0 N–H and O–H groups in total. The molecule has 0 aliphatic carbocycles. The van der Waals surface area contributed by atoms with Gasteiger partial charge in [0, 0.05) is 11.6 Å². The minimum atomic E-state index is -0.256. The van der Waals surface area contributed by atoms with Crippen molar-refractivity contribution in [1.29, 1.82) is 0 Å². The molecule has 1 aliphatic rings. The molecule has 0 atom stereocenters. The Balaban J connectivity index is 1.84. The van der Waals surface area contributed by atoms with Gasteiger partial charge in [0.2, 0.25) is 0 Å². The third-order valence-electron chi connectivity index (χ3n) is 3.46. The molecule has 1 aromatic heterocycles. The smallest absolute Gasteiger partial charge is 0.266 e. The summed E-state index contributed by atoms with van der Waals surface area (Å²) in [4.78, 5) is 25.4. The number of amides is 1. The number of thiocarbonyl (C=S) groups is 1. The van der Waals surface area contributed by atoms with Crippen molar-refractivity contribution in [2.45, 2.75) is 13.8 Å². The lowest BCUT2D eigenvalue weighted by Crippen LogP contribution is -2.32. The fourth-order valence-corrected chi connectivity index (χ4v) is 3.61. The molecule has 1 saturated heterocycles. The van der Waals surface area contributed by atoms with Gasteiger partial charge in [-0.2, -0.15) is 0 Å². The summed E-state index contributed by atoms with van der Waals surface area (Å²) >= 11 is 6.35. The van der Waals surface area contributed by atoms with Gasteiger partial charge in [-0.25, -0.2) is 0 Å². The molecular formula is C18H15NO3S2. The van der Waals surface area contributed by atoms with Gasteiger partial charge in [-0.3, -0.25) is 14.5 Å². The van der Waals surface area contributed by atoms with Crippen molar-refractivity contribution in [3.63, 3.8) is 0 Å². The van der Waals surface area contributed by atoms with Gasteiger partial charge in [0.25, 0.3) is 5.91 Å². The van der Waals surface area contributed by atoms with Crippen LogP contribution in [0, 0.1) is 6.92 Å². The van der Waals surface area contributed by atoms with Crippen molar-refractivity contribution in [2.24, 2.45) is 0 Å². The van der Waals surface area contributed by atoms with E-state index in [1.54, 1.807) is 6.08 Å². The number of benzene rings is 1. The molecule has 4 nitrogen and oxygen atoms in total. The molecule has 1 aromatic carbocycles. The number of carbonyl (C=O) groups excluding carboxylic acids is 2. The zero-order chi connectivity index (χ0) is 17.3. The van der Waals surface area contributed by atoms with Crippen LogP contribution in [0.2, 0.25) is 0 Å². The Morgan fingerprint density at radius 1 is 1.33 bits per heavy atom. The second-order valence-electron chi connectivity index (χ2n) is 5.54. The van der Waals surface area contributed by atoms with Gasteiger partial charge in [-0.15, -0.1) is 0 Å². The molecule has 1 aliphatic heterocycles. The number of furan rings is 1. The lowest BCUT2D eigenvalue weighted by molar-refractivity contribution is -0.126. The molecule has 0 bridgehead atoms. The van der Waals surface area contributed by atoms with Gasteiger partial charge in [0.15, 0.2) is 0 Å². The molecule has 3 rings (SSSR count).